The van der Waals surface area contributed by atoms with E-state index in [0.29, 0.717) is 30.2 Å². The molecule has 1 aromatic heterocycles. The van der Waals surface area contributed by atoms with Crippen molar-refractivity contribution in [1.29, 1.82) is 0 Å². The Hall–Kier alpha value is -1.99. The van der Waals surface area contributed by atoms with Crippen LogP contribution < -0.4 is 5.32 Å². The molecule has 2 aromatic rings. The fraction of sp³-hybridized carbons (Fsp3) is 0.400. The second-order valence-corrected chi connectivity index (χ2v) is 5.68. The summed E-state index contributed by atoms with van der Waals surface area (Å²) in [6, 6.07) is 8.12. The average Bonchev–Trinajstić information content (AvgIpc) is 2.85. The molecule has 1 aliphatic rings. The summed E-state index contributed by atoms with van der Waals surface area (Å²) in [5.74, 6) is 0.638. The number of rotatable bonds is 4. The third kappa shape index (κ3) is 3.10. The Kier molecular flexibility index (Phi) is 4.35. The zero-order valence-electron chi connectivity index (χ0n) is 12.3. The number of nitrogens with zero attached hydrogens (tertiary/aromatic N) is 2. The number of fused-ring (bicyclic) bond motifs is 1. The molecule has 0 fully saturated rings. The van der Waals surface area contributed by atoms with Gasteiger partial charge in [-0.15, -0.1) is 0 Å². The molecule has 0 bridgehead atoms. The Morgan fingerprint density at radius 2 is 2.36 bits per heavy atom. The standard InChI is InChI=1S/C15H18N4O2S/c1-19-13(17-18-15(19)22)9-16-14(20)8-12-11-5-3-2-4-10(11)6-7-21-12/h2-5,12H,6-9H2,1H3,(H,16,20)(H,18,22). The number of hydrogen-bond acceptors (Lipinski definition) is 4. The molecule has 1 unspecified atom stereocenters. The van der Waals surface area contributed by atoms with E-state index in [4.69, 9.17) is 17.0 Å². The van der Waals surface area contributed by atoms with Gasteiger partial charge < -0.3 is 14.6 Å². The molecule has 6 nitrogen and oxygen atoms in total. The van der Waals surface area contributed by atoms with E-state index in [9.17, 15) is 4.79 Å². The van der Waals surface area contributed by atoms with Crippen molar-refractivity contribution in [2.24, 2.45) is 7.05 Å². The first-order valence-electron chi connectivity index (χ1n) is 7.21. The summed E-state index contributed by atoms with van der Waals surface area (Å²) < 4.78 is 8.02. The average molecular weight is 318 g/mol. The van der Waals surface area contributed by atoms with E-state index in [0.717, 1.165) is 12.0 Å². The van der Waals surface area contributed by atoms with Gasteiger partial charge in [0.05, 0.1) is 25.7 Å². The van der Waals surface area contributed by atoms with E-state index in [1.54, 1.807) is 4.57 Å². The SMILES string of the molecule is Cn1c(CNC(=O)CC2OCCc3ccccc32)n[nH]c1=S. The molecule has 0 saturated carbocycles. The second kappa shape index (κ2) is 6.41. The predicted octanol–water partition coefficient (Wildman–Crippen LogP) is 1.80. The van der Waals surface area contributed by atoms with Crippen molar-refractivity contribution < 1.29 is 9.53 Å². The largest absolute Gasteiger partial charge is 0.373 e. The van der Waals surface area contributed by atoms with E-state index in [2.05, 4.69) is 21.6 Å². The number of amides is 1. The summed E-state index contributed by atoms with van der Waals surface area (Å²) in [5.41, 5.74) is 2.38. The van der Waals surface area contributed by atoms with Gasteiger partial charge in [-0.25, -0.2) is 0 Å². The van der Waals surface area contributed by atoms with E-state index < -0.39 is 0 Å². The lowest BCUT2D eigenvalue weighted by atomic mass is 9.96. The lowest BCUT2D eigenvalue weighted by molar-refractivity contribution is -0.124. The van der Waals surface area contributed by atoms with E-state index in [1.165, 1.54) is 5.56 Å². The molecule has 0 aliphatic carbocycles. The Morgan fingerprint density at radius 1 is 1.55 bits per heavy atom. The third-order valence-electron chi connectivity index (χ3n) is 3.88. The number of H-pyrrole nitrogens is 1. The van der Waals surface area contributed by atoms with E-state index >= 15 is 0 Å². The summed E-state index contributed by atoms with van der Waals surface area (Å²) in [4.78, 5) is 12.1. The molecule has 0 saturated heterocycles. The highest BCUT2D eigenvalue weighted by Gasteiger charge is 2.23. The highest BCUT2D eigenvalue weighted by Crippen LogP contribution is 2.29. The van der Waals surface area contributed by atoms with Crippen molar-refractivity contribution in [2.45, 2.75) is 25.5 Å². The normalized spacial score (nSPS) is 17.0. The zero-order chi connectivity index (χ0) is 15.5. The van der Waals surface area contributed by atoms with Crippen LogP contribution in [0.5, 0.6) is 0 Å². The Labute approximate surface area is 133 Å². The van der Waals surface area contributed by atoms with Crippen LogP contribution in [0.15, 0.2) is 24.3 Å². The Balaban J connectivity index is 1.61. The van der Waals surface area contributed by atoms with Gasteiger partial charge in [0.15, 0.2) is 10.6 Å². The topological polar surface area (TPSA) is 71.9 Å². The second-order valence-electron chi connectivity index (χ2n) is 5.29. The van der Waals surface area contributed by atoms with Gasteiger partial charge in [0.2, 0.25) is 5.91 Å². The maximum absolute atomic E-state index is 12.1. The maximum Gasteiger partial charge on any atom is 0.223 e. The predicted molar refractivity (Wildman–Crippen MR) is 83.7 cm³/mol. The molecular weight excluding hydrogens is 300 g/mol. The van der Waals surface area contributed by atoms with Crippen molar-refractivity contribution in [3.63, 3.8) is 0 Å². The number of ether oxygens (including phenoxy) is 1. The van der Waals surface area contributed by atoms with Crippen LogP contribution in [0.3, 0.4) is 0 Å². The van der Waals surface area contributed by atoms with Gasteiger partial charge in [0, 0.05) is 7.05 Å². The van der Waals surface area contributed by atoms with Crippen LogP contribution in [0.25, 0.3) is 0 Å². The Bertz CT molecular complexity index is 737. The first kappa shape index (κ1) is 14.9. The minimum Gasteiger partial charge on any atom is -0.373 e. The summed E-state index contributed by atoms with van der Waals surface area (Å²) >= 11 is 5.04. The smallest absolute Gasteiger partial charge is 0.223 e. The Morgan fingerprint density at radius 3 is 3.14 bits per heavy atom. The minimum absolute atomic E-state index is 0.0596. The fourth-order valence-electron chi connectivity index (χ4n) is 2.60. The number of carbonyl (C=O) groups is 1. The molecular formula is C15H18N4O2S. The van der Waals surface area contributed by atoms with Crippen LogP contribution in [-0.2, 0) is 29.5 Å². The van der Waals surface area contributed by atoms with Gasteiger partial charge in [0.25, 0.3) is 0 Å². The number of nitrogens with one attached hydrogen (secondary N) is 2. The van der Waals surface area contributed by atoms with Gasteiger partial charge >= 0.3 is 0 Å². The van der Waals surface area contributed by atoms with Gasteiger partial charge in [0.1, 0.15) is 0 Å². The van der Waals surface area contributed by atoms with Crippen LogP contribution in [0, 0.1) is 4.77 Å². The van der Waals surface area contributed by atoms with Crippen LogP contribution in [0.1, 0.15) is 29.5 Å². The van der Waals surface area contributed by atoms with E-state index in [1.807, 2.05) is 25.2 Å². The third-order valence-corrected chi connectivity index (χ3v) is 4.24. The van der Waals surface area contributed by atoms with Crippen LogP contribution in [0.2, 0.25) is 0 Å². The number of aromatic nitrogens is 3. The zero-order valence-corrected chi connectivity index (χ0v) is 13.2. The maximum atomic E-state index is 12.1. The summed E-state index contributed by atoms with van der Waals surface area (Å²) in [5, 5.41) is 9.63. The highest BCUT2D eigenvalue weighted by atomic mass is 32.1. The fourth-order valence-corrected chi connectivity index (χ4v) is 2.75. The molecule has 1 amide bonds. The van der Waals surface area contributed by atoms with Gasteiger partial charge in [-0.1, -0.05) is 24.3 Å². The van der Waals surface area contributed by atoms with Crippen molar-refractivity contribution in [3.8, 4) is 0 Å². The van der Waals surface area contributed by atoms with Gasteiger partial charge in [-0.2, -0.15) is 5.10 Å². The van der Waals surface area contributed by atoms with Gasteiger partial charge in [-0.05, 0) is 29.8 Å². The van der Waals surface area contributed by atoms with Crippen molar-refractivity contribution in [1.82, 2.24) is 20.1 Å². The first-order chi connectivity index (χ1) is 10.6. The molecule has 1 atom stereocenters. The number of hydrogen-bond donors (Lipinski definition) is 2. The molecule has 22 heavy (non-hydrogen) atoms. The molecule has 2 N–H and O–H groups in total. The van der Waals surface area contributed by atoms with E-state index in [-0.39, 0.29) is 12.0 Å². The molecule has 3 rings (SSSR count). The number of aromatic amines is 1. The summed E-state index contributed by atoms with van der Waals surface area (Å²) in [7, 11) is 1.81. The number of carbonyl (C=O) groups excluding carboxylic acids is 1. The van der Waals surface area contributed by atoms with Crippen molar-refractivity contribution in [2.75, 3.05) is 6.61 Å². The quantitative estimate of drug-likeness (QED) is 0.843. The first-order valence-corrected chi connectivity index (χ1v) is 7.62. The van der Waals surface area contributed by atoms with Crippen LogP contribution >= 0.6 is 12.2 Å². The summed E-state index contributed by atoms with van der Waals surface area (Å²) in [6.07, 6.45) is 1.04. The lowest BCUT2D eigenvalue weighted by Crippen LogP contribution is -2.28. The molecule has 1 aromatic carbocycles. The highest BCUT2D eigenvalue weighted by molar-refractivity contribution is 7.71. The molecule has 116 valence electrons. The summed E-state index contributed by atoms with van der Waals surface area (Å²) in [6.45, 7) is 0.999. The monoisotopic (exact) mass is 318 g/mol. The number of benzene rings is 1. The molecule has 2 heterocycles. The molecule has 1 aliphatic heterocycles. The lowest BCUT2D eigenvalue weighted by Gasteiger charge is -2.25. The molecule has 7 heteroatoms. The van der Waals surface area contributed by atoms with Crippen LogP contribution in [0.4, 0.5) is 0 Å². The van der Waals surface area contributed by atoms with Crippen molar-refractivity contribution >= 4 is 18.1 Å². The molecule has 0 radical (unpaired) electrons. The van der Waals surface area contributed by atoms with Crippen molar-refractivity contribution in [3.05, 3.63) is 46.0 Å². The minimum atomic E-state index is -0.174. The van der Waals surface area contributed by atoms with Crippen LogP contribution in [-0.4, -0.2) is 27.3 Å². The van der Waals surface area contributed by atoms with Gasteiger partial charge in [-0.3, -0.25) is 9.89 Å². The molecule has 0 spiro atoms.